The molecule has 0 aliphatic rings. The molecule has 0 fully saturated rings. The Balaban J connectivity index is 4.00. The monoisotopic (exact) mass is 209 g/mol. The summed E-state index contributed by atoms with van der Waals surface area (Å²) in [5, 5.41) is 8.55. The van der Waals surface area contributed by atoms with Crippen molar-refractivity contribution in [3.63, 3.8) is 0 Å². The van der Waals surface area contributed by atoms with E-state index in [1.807, 2.05) is 25.2 Å². The molecule has 1 N–H and O–H groups in total. The van der Waals surface area contributed by atoms with Crippen LogP contribution in [-0.2, 0) is 16.6 Å². The van der Waals surface area contributed by atoms with Gasteiger partial charge in [0, 0.05) is 6.29 Å². The Kier molecular flexibility index (Phi) is 4.98. The second-order valence-electron chi connectivity index (χ2n) is 3.25. The van der Waals surface area contributed by atoms with Crippen LogP contribution >= 0.6 is 6.04 Å². The average molecular weight is 209 g/mol. The second kappa shape index (κ2) is 4.95. The molecule has 0 aliphatic carbocycles. The first-order valence-corrected chi connectivity index (χ1v) is 7.71. The topological polar surface area (TPSA) is 40.5 Å². The van der Waals surface area contributed by atoms with Crippen molar-refractivity contribution in [3.05, 3.63) is 0 Å². The molecule has 0 unspecified atom stereocenters. The smallest absolute Gasteiger partial charge is 0.317 e. The molecule has 0 aromatic rings. The zero-order valence-electron chi connectivity index (χ0n) is 7.78. The van der Waals surface area contributed by atoms with Crippen LogP contribution in [0.5, 0.6) is 0 Å². The van der Waals surface area contributed by atoms with Gasteiger partial charge in [0.2, 0.25) is 0 Å². The van der Waals surface area contributed by atoms with E-state index in [1.54, 1.807) is 0 Å². The Labute approximate surface area is 78.8 Å². The Morgan fingerprint density at radius 1 is 1.58 bits per heavy atom. The SMILES string of the molecule is CCN(CC(=O)O)CP(C)(C)=S. The molecule has 0 saturated carbocycles. The molecule has 0 heterocycles. The number of carboxylic acids is 1. The van der Waals surface area contributed by atoms with E-state index in [9.17, 15) is 4.79 Å². The maximum Gasteiger partial charge on any atom is 0.317 e. The summed E-state index contributed by atoms with van der Waals surface area (Å²) in [6.45, 7) is 6.89. The Bertz CT molecular complexity index is 202. The van der Waals surface area contributed by atoms with Crippen LogP contribution in [-0.4, -0.2) is 48.7 Å². The van der Waals surface area contributed by atoms with Crippen LogP contribution in [0.15, 0.2) is 0 Å². The molecule has 0 bridgehead atoms. The molecule has 5 heteroatoms. The van der Waals surface area contributed by atoms with Gasteiger partial charge in [-0.2, -0.15) is 0 Å². The van der Waals surface area contributed by atoms with Crippen molar-refractivity contribution >= 4 is 23.8 Å². The standard InChI is InChI=1S/C7H16NO2PS/c1-4-8(5-7(9)10)6-11(2,3)12/h4-6H2,1-3H3,(H,9,10). The van der Waals surface area contributed by atoms with Crippen molar-refractivity contribution in [2.75, 3.05) is 32.7 Å². The largest absolute Gasteiger partial charge is 0.480 e. The number of carboxylic acid groups (broad SMARTS) is 1. The van der Waals surface area contributed by atoms with Crippen LogP contribution in [0.25, 0.3) is 0 Å². The van der Waals surface area contributed by atoms with Gasteiger partial charge in [-0.25, -0.2) is 0 Å². The van der Waals surface area contributed by atoms with E-state index in [0.717, 1.165) is 12.8 Å². The lowest BCUT2D eigenvalue weighted by atomic mass is 10.5. The molecule has 0 aliphatic heterocycles. The van der Waals surface area contributed by atoms with Crippen molar-refractivity contribution in [1.29, 1.82) is 0 Å². The predicted octanol–water partition coefficient (Wildman–Crippen LogP) is 1.09. The first-order valence-electron chi connectivity index (χ1n) is 3.83. The third-order valence-corrected chi connectivity index (χ3v) is 2.77. The van der Waals surface area contributed by atoms with E-state index in [4.69, 9.17) is 16.9 Å². The van der Waals surface area contributed by atoms with Gasteiger partial charge < -0.3 is 5.11 Å². The first-order chi connectivity index (χ1) is 5.35. The molecule has 72 valence electrons. The predicted molar refractivity (Wildman–Crippen MR) is 55.9 cm³/mol. The normalized spacial score (nSPS) is 12.0. The third-order valence-electron chi connectivity index (χ3n) is 1.35. The summed E-state index contributed by atoms with van der Waals surface area (Å²) < 4.78 is 0. The number of hydrogen-bond acceptors (Lipinski definition) is 3. The van der Waals surface area contributed by atoms with E-state index < -0.39 is 12.0 Å². The average Bonchev–Trinajstić information content (AvgIpc) is 1.82. The van der Waals surface area contributed by atoms with Gasteiger partial charge in [-0.3, -0.25) is 9.69 Å². The fourth-order valence-corrected chi connectivity index (χ4v) is 2.69. The van der Waals surface area contributed by atoms with E-state index in [1.165, 1.54) is 0 Å². The number of rotatable bonds is 5. The molecular weight excluding hydrogens is 193 g/mol. The molecule has 0 radical (unpaired) electrons. The summed E-state index contributed by atoms with van der Waals surface area (Å²) in [5.74, 6) is -0.777. The number of nitrogens with zero attached hydrogens (tertiary/aromatic N) is 1. The van der Waals surface area contributed by atoms with Gasteiger partial charge in [-0.05, 0) is 25.9 Å². The van der Waals surface area contributed by atoms with Gasteiger partial charge in [0.05, 0.1) is 6.54 Å². The molecule has 0 aromatic heterocycles. The van der Waals surface area contributed by atoms with E-state index in [0.29, 0.717) is 0 Å². The first kappa shape index (κ1) is 12.1. The van der Waals surface area contributed by atoms with Gasteiger partial charge >= 0.3 is 5.97 Å². The Hall–Kier alpha value is 0.0800. The highest BCUT2D eigenvalue weighted by Crippen LogP contribution is 2.36. The van der Waals surface area contributed by atoms with Crippen molar-refractivity contribution < 1.29 is 9.90 Å². The number of likely N-dealkylation sites (N-methyl/N-ethyl adjacent to an activating group) is 1. The summed E-state index contributed by atoms with van der Waals surface area (Å²) in [7, 11) is 0. The number of hydrogen-bond donors (Lipinski definition) is 1. The number of aliphatic carboxylic acids is 1. The van der Waals surface area contributed by atoms with Crippen molar-refractivity contribution in [2.24, 2.45) is 0 Å². The van der Waals surface area contributed by atoms with Crippen molar-refractivity contribution in [2.45, 2.75) is 6.92 Å². The van der Waals surface area contributed by atoms with Crippen LogP contribution in [0.2, 0.25) is 0 Å². The minimum absolute atomic E-state index is 0.108. The summed E-state index contributed by atoms with van der Waals surface area (Å²) in [6, 6.07) is -1.30. The van der Waals surface area contributed by atoms with E-state index in [-0.39, 0.29) is 6.54 Å². The minimum Gasteiger partial charge on any atom is -0.480 e. The molecule has 0 amide bonds. The Morgan fingerprint density at radius 2 is 2.08 bits per heavy atom. The second-order valence-corrected chi connectivity index (χ2v) is 9.65. The molecule has 0 aromatic carbocycles. The van der Waals surface area contributed by atoms with Gasteiger partial charge in [0.15, 0.2) is 0 Å². The fourth-order valence-electron chi connectivity index (χ4n) is 0.935. The van der Waals surface area contributed by atoms with Gasteiger partial charge in [0.1, 0.15) is 0 Å². The maximum atomic E-state index is 10.4. The Morgan fingerprint density at radius 3 is 2.33 bits per heavy atom. The third kappa shape index (κ3) is 6.77. The lowest BCUT2D eigenvalue weighted by Gasteiger charge is -2.22. The molecule has 0 atom stereocenters. The lowest BCUT2D eigenvalue weighted by Crippen LogP contribution is -2.30. The minimum atomic E-state index is -1.30. The van der Waals surface area contributed by atoms with E-state index in [2.05, 4.69) is 0 Å². The molecule has 12 heavy (non-hydrogen) atoms. The summed E-state index contributed by atoms with van der Waals surface area (Å²) in [5.41, 5.74) is 0. The van der Waals surface area contributed by atoms with Crippen LogP contribution in [0.4, 0.5) is 0 Å². The van der Waals surface area contributed by atoms with Crippen molar-refractivity contribution in [3.8, 4) is 0 Å². The highest BCUT2D eigenvalue weighted by atomic mass is 32.4. The van der Waals surface area contributed by atoms with Gasteiger partial charge in [-0.1, -0.05) is 18.7 Å². The lowest BCUT2D eigenvalue weighted by molar-refractivity contribution is -0.138. The highest BCUT2D eigenvalue weighted by molar-refractivity contribution is 8.13. The molecule has 3 nitrogen and oxygen atoms in total. The quantitative estimate of drug-likeness (QED) is 0.688. The summed E-state index contributed by atoms with van der Waals surface area (Å²) in [6.07, 6.45) is 0.755. The van der Waals surface area contributed by atoms with Crippen molar-refractivity contribution in [1.82, 2.24) is 4.90 Å². The molecular formula is C7H16NO2PS. The van der Waals surface area contributed by atoms with Crippen LogP contribution < -0.4 is 0 Å². The zero-order chi connectivity index (χ0) is 9.78. The van der Waals surface area contributed by atoms with Gasteiger partial charge in [0.25, 0.3) is 0 Å². The molecule has 0 saturated heterocycles. The molecule has 0 rings (SSSR count). The van der Waals surface area contributed by atoms with Crippen LogP contribution in [0.1, 0.15) is 6.92 Å². The number of carbonyl (C=O) groups is 1. The zero-order valence-corrected chi connectivity index (χ0v) is 9.49. The summed E-state index contributed by atoms with van der Waals surface area (Å²) in [4.78, 5) is 12.3. The van der Waals surface area contributed by atoms with Crippen LogP contribution in [0.3, 0.4) is 0 Å². The van der Waals surface area contributed by atoms with Crippen LogP contribution in [0, 0.1) is 0 Å². The van der Waals surface area contributed by atoms with Gasteiger partial charge in [-0.15, -0.1) is 0 Å². The maximum absolute atomic E-state index is 10.4. The fraction of sp³-hybridized carbons (Fsp3) is 0.857. The van der Waals surface area contributed by atoms with E-state index >= 15 is 0 Å². The highest BCUT2D eigenvalue weighted by Gasteiger charge is 2.12. The molecule has 0 spiro atoms. The summed E-state index contributed by atoms with van der Waals surface area (Å²) >= 11 is 5.26.